The fourth-order valence-electron chi connectivity index (χ4n) is 2.26. The van der Waals surface area contributed by atoms with Gasteiger partial charge in [0.15, 0.2) is 0 Å². The lowest BCUT2D eigenvalue weighted by molar-refractivity contribution is -0.0197. The van der Waals surface area contributed by atoms with Gasteiger partial charge in [0.05, 0.1) is 11.5 Å². The van der Waals surface area contributed by atoms with Gasteiger partial charge in [-0.2, -0.15) is 5.26 Å². The molecule has 2 rings (SSSR count). The van der Waals surface area contributed by atoms with Crippen molar-refractivity contribution in [2.75, 3.05) is 13.1 Å². The van der Waals surface area contributed by atoms with E-state index in [9.17, 15) is 10.1 Å². The average molecular weight is 236 g/mol. The summed E-state index contributed by atoms with van der Waals surface area (Å²) in [6.07, 6.45) is 3.15. The average Bonchev–Trinajstić information content (AvgIpc) is 2.91. The van der Waals surface area contributed by atoms with Gasteiger partial charge in [0.25, 0.3) is 0 Å². The third-order valence-corrected chi connectivity index (χ3v) is 3.25. The second kappa shape index (κ2) is 3.90. The molecular weight excluding hydrogens is 216 g/mol. The van der Waals surface area contributed by atoms with Crippen LogP contribution < -0.4 is 0 Å². The van der Waals surface area contributed by atoms with Crippen molar-refractivity contribution < 1.29 is 9.53 Å². The summed E-state index contributed by atoms with van der Waals surface area (Å²) in [5.41, 5.74) is -0.753. The van der Waals surface area contributed by atoms with Gasteiger partial charge >= 0.3 is 6.09 Å². The fraction of sp³-hybridized carbons (Fsp3) is 0.846. The highest BCUT2D eigenvalue weighted by molar-refractivity contribution is 5.69. The van der Waals surface area contributed by atoms with Crippen LogP contribution in [0.5, 0.6) is 0 Å². The summed E-state index contributed by atoms with van der Waals surface area (Å²) in [4.78, 5) is 13.4. The first-order valence-corrected chi connectivity index (χ1v) is 6.23. The molecule has 0 spiro atoms. The number of carbonyl (C=O) groups is 1. The molecule has 0 radical (unpaired) electrons. The Morgan fingerprint density at radius 1 is 1.47 bits per heavy atom. The lowest BCUT2D eigenvalue weighted by Crippen LogP contribution is -2.58. The molecule has 0 atom stereocenters. The number of ether oxygens (including phenoxy) is 1. The molecule has 4 nitrogen and oxygen atoms in total. The first-order chi connectivity index (χ1) is 7.84. The Morgan fingerprint density at radius 2 is 2.06 bits per heavy atom. The van der Waals surface area contributed by atoms with Gasteiger partial charge in [-0.15, -0.1) is 0 Å². The van der Waals surface area contributed by atoms with E-state index in [1.165, 1.54) is 12.8 Å². The summed E-state index contributed by atoms with van der Waals surface area (Å²) in [6.45, 7) is 6.63. The Morgan fingerprint density at radius 3 is 2.47 bits per heavy atom. The first-order valence-electron chi connectivity index (χ1n) is 6.23. The summed E-state index contributed by atoms with van der Waals surface area (Å²) in [5, 5.41) is 9.22. The molecule has 2 fully saturated rings. The van der Waals surface area contributed by atoms with Crippen LogP contribution in [0.4, 0.5) is 4.79 Å². The molecule has 0 aromatic heterocycles. The number of hydrogen-bond acceptors (Lipinski definition) is 3. The maximum absolute atomic E-state index is 11.7. The molecule has 1 saturated heterocycles. The second-order valence-electron chi connectivity index (χ2n) is 6.38. The number of nitriles is 1. The number of hydrogen-bond donors (Lipinski definition) is 0. The highest BCUT2D eigenvalue weighted by Gasteiger charge is 2.49. The molecule has 1 aliphatic heterocycles. The Balaban J connectivity index is 1.84. The maximum Gasteiger partial charge on any atom is 0.410 e. The summed E-state index contributed by atoms with van der Waals surface area (Å²) >= 11 is 0. The molecule has 0 aromatic carbocycles. The van der Waals surface area contributed by atoms with Gasteiger partial charge < -0.3 is 9.64 Å². The van der Waals surface area contributed by atoms with E-state index < -0.39 is 5.60 Å². The molecule has 1 amide bonds. The highest BCUT2D eigenvalue weighted by Crippen LogP contribution is 2.44. The van der Waals surface area contributed by atoms with Crippen molar-refractivity contribution in [3.8, 4) is 6.07 Å². The zero-order chi connectivity index (χ0) is 12.7. The Kier molecular flexibility index (Phi) is 2.81. The van der Waals surface area contributed by atoms with Crippen LogP contribution in [0.3, 0.4) is 0 Å². The molecule has 4 heteroatoms. The molecule has 0 bridgehead atoms. The smallest absolute Gasteiger partial charge is 0.410 e. The van der Waals surface area contributed by atoms with Crippen molar-refractivity contribution in [1.29, 1.82) is 5.26 Å². The molecule has 1 aliphatic carbocycles. The number of carbonyl (C=O) groups excluding carboxylic acids is 1. The lowest BCUT2D eigenvalue weighted by atomic mass is 9.77. The van der Waals surface area contributed by atoms with E-state index in [1.807, 2.05) is 20.8 Å². The number of nitrogens with zero attached hydrogens (tertiary/aromatic N) is 2. The minimum atomic E-state index is -0.460. The minimum absolute atomic E-state index is 0.292. The van der Waals surface area contributed by atoms with Crippen molar-refractivity contribution in [3.05, 3.63) is 0 Å². The Labute approximate surface area is 103 Å². The van der Waals surface area contributed by atoms with Gasteiger partial charge in [0.1, 0.15) is 5.60 Å². The van der Waals surface area contributed by atoms with Gasteiger partial charge in [-0.05, 0) is 33.1 Å². The zero-order valence-corrected chi connectivity index (χ0v) is 10.8. The molecule has 0 unspecified atom stereocenters. The molecule has 2 aliphatic rings. The molecule has 1 heterocycles. The van der Waals surface area contributed by atoms with E-state index in [2.05, 4.69) is 6.07 Å². The van der Waals surface area contributed by atoms with Crippen molar-refractivity contribution >= 4 is 6.09 Å². The van der Waals surface area contributed by atoms with Gasteiger partial charge in [-0.3, -0.25) is 0 Å². The number of likely N-dealkylation sites (tertiary alicyclic amines) is 1. The van der Waals surface area contributed by atoms with E-state index in [0.29, 0.717) is 13.1 Å². The van der Waals surface area contributed by atoms with Crippen LogP contribution in [0.2, 0.25) is 0 Å². The fourth-order valence-corrected chi connectivity index (χ4v) is 2.26. The Hall–Kier alpha value is -1.24. The van der Waals surface area contributed by atoms with E-state index in [0.717, 1.165) is 12.3 Å². The number of rotatable bonds is 2. The predicted molar refractivity (Wildman–Crippen MR) is 63.2 cm³/mol. The van der Waals surface area contributed by atoms with Gasteiger partial charge in [-0.25, -0.2) is 4.79 Å². The number of amides is 1. The van der Waals surface area contributed by atoms with E-state index >= 15 is 0 Å². The summed E-state index contributed by atoms with van der Waals surface area (Å²) in [7, 11) is 0. The second-order valence-corrected chi connectivity index (χ2v) is 6.38. The Bertz CT molecular complexity index is 355. The third kappa shape index (κ3) is 2.91. The first kappa shape index (κ1) is 12.2. The van der Waals surface area contributed by atoms with Crippen LogP contribution in [0.1, 0.15) is 40.0 Å². The predicted octanol–water partition coefficient (Wildman–Crippen LogP) is 2.55. The zero-order valence-electron chi connectivity index (χ0n) is 10.8. The monoisotopic (exact) mass is 236 g/mol. The molecule has 0 N–H and O–H groups in total. The topological polar surface area (TPSA) is 53.3 Å². The summed E-state index contributed by atoms with van der Waals surface area (Å²) in [5.74, 6) is 0.718. The van der Waals surface area contributed by atoms with Crippen molar-refractivity contribution in [2.45, 2.75) is 45.6 Å². The standard InChI is InChI=1S/C13H20N2O2/c1-12(2,3)17-11(16)15-8-13(7-14,9-15)6-10-4-5-10/h10H,4-6,8-9H2,1-3H3. The third-order valence-electron chi connectivity index (χ3n) is 3.25. The lowest BCUT2D eigenvalue weighted by Gasteiger charge is -2.45. The minimum Gasteiger partial charge on any atom is -0.444 e. The molecule has 0 aromatic rings. The van der Waals surface area contributed by atoms with Gasteiger partial charge in [0, 0.05) is 13.1 Å². The largest absolute Gasteiger partial charge is 0.444 e. The van der Waals surface area contributed by atoms with Crippen LogP contribution >= 0.6 is 0 Å². The van der Waals surface area contributed by atoms with Crippen LogP contribution in [0.15, 0.2) is 0 Å². The van der Waals surface area contributed by atoms with E-state index in [1.54, 1.807) is 4.90 Å². The normalized spacial score (nSPS) is 22.6. The van der Waals surface area contributed by atoms with Crippen molar-refractivity contribution in [2.24, 2.45) is 11.3 Å². The highest BCUT2D eigenvalue weighted by atomic mass is 16.6. The maximum atomic E-state index is 11.7. The van der Waals surface area contributed by atoms with E-state index in [4.69, 9.17) is 4.74 Å². The summed E-state index contributed by atoms with van der Waals surface area (Å²) < 4.78 is 5.28. The SMILES string of the molecule is CC(C)(C)OC(=O)N1CC(C#N)(CC2CC2)C1. The molecule has 94 valence electrons. The molecular formula is C13H20N2O2. The quantitative estimate of drug-likeness (QED) is 0.740. The van der Waals surface area contributed by atoms with Crippen molar-refractivity contribution in [3.63, 3.8) is 0 Å². The van der Waals surface area contributed by atoms with Gasteiger partial charge in [0.2, 0.25) is 0 Å². The summed E-state index contributed by atoms with van der Waals surface area (Å²) in [6, 6.07) is 2.38. The van der Waals surface area contributed by atoms with E-state index in [-0.39, 0.29) is 11.5 Å². The van der Waals surface area contributed by atoms with Crippen LogP contribution in [0.25, 0.3) is 0 Å². The van der Waals surface area contributed by atoms with Crippen LogP contribution in [-0.4, -0.2) is 29.7 Å². The molecule has 1 saturated carbocycles. The van der Waals surface area contributed by atoms with Crippen LogP contribution in [0, 0.1) is 22.7 Å². The molecule has 17 heavy (non-hydrogen) atoms. The van der Waals surface area contributed by atoms with Gasteiger partial charge in [-0.1, -0.05) is 12.8 Å². The van der Waals surface area contributed by atoms with Crippen molar-refractivity contribution in [1.82, 2.24) is 4.90 Å². The van der Waals surface area contributed by atoms with Crippen LogP contribution in [-0.2, 0) is 4.74 Å².